The maximum Gasteiger partial charge on any atom is 0.222 e. The van der Waals surface area contributed by atoms with Crippen molar-refractivity contribution in [3.05, 3.63) is 59.2 Å². The Balaban J connectivity index is 1.38. The molecule has 2 aromatic rings. The Morgan fingerprint density at radius 1 is 1.12 bits per heavy atom. The zero-order valence-corrected chi connectivity index (χ0v) is 14.0. The highest BCUT2D eigenvalue weighted by Crippen LogP contribution is 2.37. The van der Waals surface area contributed by atoms with Gasteiger partial charge >= 0.3 is 0 Å². The maximum atomic E-state index is 12.2. The normalized spacial score (nSPS) is 18.5. The molecule has 1 heterocycles. The zero-order chi connectivity index (χ0) is 16.5. The van der Waals surface area contributed by atoms with E-state index in [1.54, 1.807) is 0 Å². The first kappa shape index (κ1) is 15.4. The molecule has 2 aromatic carbocycles. The van der Waals surface area contributed by atoms with Crippen molar-refractivity contribution in [2.75, 3.05) is 13.1 Å². The van der Waals surface area contributed by atoms with Crippen molar-refractivity contribution in [2.24, 2.45) is 5.73 Å². The number of fused-ring (bicyclic) bond motifs is 3. The highest BCUT2D eigenvalue weighted by atomic mass is 16.2. The summed E-state index contributed by atoms with van der Waals surface area (Å²) in [6.45, 7) is 1.56. The predicted molar refractivity (Wildman–Crippen MR) is 96.8 cm³/mol. The van der Waals surface area contributed by atoms with Crippen molar-refractivity contribution >= 4 is 5.91 Å². The van der Waals surface area contributed by atoms with E-state index >= 15 is 0 Å². The maximum absolute atomic E-state index is 12.2. The van der Waals surface area contributed by atoms with Gasteiger partial charge in [0.2, 0.25) is 5.91 Å². The number of carbonyl (C=O) groups is 1. The van der Waals surface area contributed by atoms with Crippen LogP contribution in [0.25, 0.3) is 11.1 Å². The molecule has 1 saturated heterocycles. The lowest BCUT2D eigenvalue weighted by Crippen LogP contribution is -2.31. The fraction of sp³-hybridized carbons (Fsp3) is 0.381. The SMILES string of the molecule is N[C@@H]1CCN(C(=O)CCCc2ccc3c(c2)-c2ccccc2C3)C1. The number of nitrogens with two attached hydrogens (primary N) is 1. The van der Waals surface area contributed by atoms with Crippen LogP contribution in [-0.2, 0) is 17.6 Å². The van der Waals surface area contributed by atoms with E-state index < -0.39 is 0 Å². The van der Waals surface area contributed by atoms with Crippen LogP contribution in [0.5, 0.6) is 0 Å². The van der Waals surface area contributed by atoms with E-state index in [0.29, 0.717) is 6.42 Å². The fourth-order valence-electron chi connectivity index (χ4n) is 3.94. The summed E-state index contributed by atoms with van der Waals surface area (Å²) in [6, 6.07) is 15.6. The number of benzene rings is 2. The average Bonchev–Trinajstić information content (AvgIpc) is 3.18. The molecule has 2 N–H and O–H groups in total. The largest absolute Gasteiger partial charge is 0.341 e. The third-order valence-corrected chi connectivity index (χ3v) is 5.30. The summed E-state index contributed by atoms with van der Waals surface area (Å²) in [7, 11) is 0. The van der Waals surface area contributed by atoms with Gasteiger partial charge in [-0.05, 0) is 53.5 Å². The van der Waals surface area contributed by atoms with E-state index in [9.17, 15) is 4.79 Å². The number of rotatable bonds is 4. The van der Waals surface area contributed by atoms with Gasteiger partial charge < -0.3 is 10.6 Å². The lowest BCUT2D eigenvalue weighted by molar-refractivity contribution is -0.130. The minimum absolute atomic E-state index is 0.172. The predicted octanol–water partition coefficient (Wildman–Crippen LogP) is 3.14. The molecule has 1 amide bonds. The second-order valence-electron chi connectivity index (χ2n) is 7.07. The van der Waals surface area contributed by atoms with Crippen LogP contribution in [0.4, 0.5) is 0 Å². The minimum Gasteiger partial charge on any atom is -0.341 e. The summed E-state index contributed by atoms with van der Waals surface area (Å²) in [5.74, 6) is 0.259. The summed E-state index contributed by atoms with van der Waals surface area (Å²) >= 11 is 0. The van der Waals surface area contributed by atoms with Crippen LogP contribution in [0.3, 0.4) is 0 Å². The van der Waals surface area contributed by atoms with Gasteiger partial charge in [0.25, 0.3) is 0 Å². The Morgan fingerprint density at radius 2 is 1.96 bits per heavy atom. The number of amides is 1. The van der Waals surface area contributed by atoms with E-state index in [1.165, 1.54) is 27.8 Å². The molecule has 1 atom stereocenters. The molecule has 0 spiro atoms. The van der Waals surface area contributed by atoms with Gasteiger partial charge in [0.15, 0.2) is 0 Å². The van der Waals surface area contributed by atoms with Crippen LogP contribution in [0.1, 0.15) is 36.0 Å². The van der Waals surface area contributed by atoms with Crippen LogP contribution in [-0.4, -0.2) is 29.9 Å². The van der Waals surface area contributed by atoms with Gasteiger partial charge in [-0.15, -0.1) is 0 Å². The molecule has 3 heteroatoms. The summed E-state index contributed by atoms with van der Waals surface area (Å²) < 4.78 is 0. The van der Waals surface area contributed by atoms with Gasteiger partial charge in [-0.25, -0.2) is 0 Å². The van der Waals surface area contributed by atoms with Gasteiger partial charge in [0.05, 0.1) is 0 Å². The molecule has 1 aliphatic carbocycles. The average molecular weight is 320 g/mol. The smallest absolute Gasteiger partial charge is 0.222 e. The minimum atomic E-state index is 0.172. The Kier molecular flexibility index (Phi) is 4.11. The summed E-state index contributed by atoms with van der Waals surface area (Å²) in [5.41, 5.74) is 12.8. The zero-order valence-electron chi connectivity index (χ0n) is 14.0. The molecular formula is C21H24N2O. The molecule has 1 aliphatic heterocycles. The van der Waals surface area contributed by atoms with E-state index in [0.717, 1.165) is 38.8 Å². The van der Waals surface area contributed by atoms with Crippen LogP contribution in [0, 0.1) is 0 Å². The van der Waals surface area contributed by atoms with Crippen LogP contribution >= 0.6 is 0 Å². The van der Waals surface area contributed by atoms with E-state index in [-0.39, 0.29) is 11.9 Å². The summed E-state index contributed by atoms with van der Waals surface area (Å²) in [4.78, 5) is 14.1. The number of hydrogen-bond donors (Lipinski definition) is 1. The number of nitrogens with zero attached hydrogens (tertiary/aromatic N) is 1. The molecule has 0 bridgehead atoms. The molecule has 0 radical (unpaired) electrons. The van der Waals surface area contributed by atoms with Gasteiger partial charge in [-0.3, -0.25) is 4.79 Å². The number of hydrogen-bond acceptors (Lipinski definition) is 2. The molecule has 1 fully saturated rings. The Morgan fingerprint density at radius 3 is 2.79 bits per heavy atom. The van der Waals surface area contributed by atoms with Gasteiger partial charge in [-0.1, -0.05) is 42.5 Å². The van der Waals surface area contributed by atoms with Crippen molar-refractivity contribution in [3.63, 3.8) is 0 Å². The van der Waals surface area contributed by atoms with Crippen LogP contribution in [0.15, 0.2) is 42.5 Å². The molecule has 124 valence electrons. The Hall–Kier alpha value is -2.13. The van der Waals surface area contributed by atoms with Crippen molar-refractivity contribution < 1.29 is 4.79 Å². The molecule has 2 aliphatic rings. The third kappa shape index (κ3) is 2.96. The van der Waals surface area contributed by atoms with Crippen molar-refractivity contribution in [1.29, 1.82) is 0 Å². The first-order valence-electron chi connectivity index (χ1n) is 8.94. The number of likely N-dealkylation sites (tertiary alicyclic amines) is 1. The lowest BCUT2D eigenvalue weighted by Gasteiger charge is -2.15. The van der Waals surface area contributed by atoms with E-state index in [4.69, 9.17) is 5.73 Å². The van der Waals surface area contributed by atoms with Crippen LogP contribution in [0.2, 0.25) is 0 Å². The monoisotopic (exact) mass is 320 g/mol. The Labute approximate surface area is 143 Å². The molecule has 3 nitrogen and oxygen atoms in total. The first-order valence-corrected chi connectivity index (χ1v) is 8.94. The molecule has 0 unspecified atom stereocenters. The Bertz CT molecular complexity index is 768. The topological polar surface area (TPSA) is 46.3 Å². The first-order chi connectivity index (χ1) is 11.7. The highest BCUT2D eigenvalue weighted by Gasteiger charge is 2.23. The summed E-state index contributed by atoms with van der Waals surface area (Å²) in [5, 5.41) is 0. The number of carbonyl (C=O) groups excluding carboxylic acids is 1. The quantitative estimate of drug-likeness (QED) is 0.803. The molecule has 4 rings (SSSR count). The summed E-state index contributed by atoms with van der Waals surface area (Å²) in [6.07, 6.45) is 4.47. The van der Waals surface area contributed by atoms with Crippen molar-refractivity contribution in [3.8, 4) is 11.1 Å². The fourth-order valence-corrected chi connectivity index (χ4v) is 3.94. The van der Waals surface area contributed by atoms with Gasteiger partial charge in [0, 0.05) is 25.6 Å². The van der Waals surface area contributed by atoms with Crippen molar-refractivity contribution in [1.82, 2.24) is 4.90 Å². The molecule has 0 aromatic heterocycles. The van der Waals surface area contributed by atoms with Crippen LogP contribution < -0.4 is 5.73 Å². The van der Waals surface area contributed by atoms with E-state index in [1.807, 2.05) is 4.90 Å². The van der Waals surface area contributed by atoms with Gasteiger partial charge in [0.1, 0.15) is 0 Å². The van der Waals surface area contributed by atoms with Gasteiger partial charge in [-0.2, -0.15) is 0 Å². The lowest BCUT2D eigenvalue weighted by atomic mass is 10.00. The molecule has 0 saturated carbocycles. The molecular weight excluding hydrogens is 296 g/mol. The standard InChI is InChI=1S/C21H24N2O/c22-18-10-11-23(14-18)21(24)7-3-4-15-8-9-17-13-16-5-1-2-6-19(16)20(17)12-15/h1-2,5-6,8-9,12,18H,3-4,7,10-11,13-14,22H2/t18-/m1/s1. The van der Waals surface area contributed by atoms with Crippen molar-refractivity contribution in [2.45, 2.75) is 38.1 Å². The third-order valence-electron chi connectivity index (χ3n) is 5.30. The van der Waals surface area contributed by atoms with E-state index in [2.05, 4.69) is 42.5 Å². The molecule has 24 heavy (non-hydrogen) atoms. The second kappa shape index (κ2) is 6.40. The highest BCUT2D eigenvalue weighted by molar-refractivity contribution is 5.77. The number of aryl methyl sites for hydroxylation is 1. The second-order valence-corrected chi connectivity index (χ2v) is 7.07.